The van der Waals surface area contributed by atoms with Crippen LogP contribution in [0.25, 0.3) is 0 Å². The molecule has 2 aromatic rings. The number of benzene rings is 1. The minimum atomic E-state index is 0.462. The average molecular weight is 323 g/mol. The zero-order chi connectivity index (χ0) is 13.8. The van der Waals surface area contributed by atoms with E-state index in [-0.39, 0.29) is 0 Å². The summed E-state index contributed by atoms with van der Waals surface area (Å²) in [6.07, 6.45) is 0.709. The van der Waals surface area contributed by atoms with E-state index in [1.807, 2.05) is 32.0 Å². The highest BCUT2D eigenvalue weighted by atomic mass is 79.9. The molecule has 6 heteroatoms. The van der Waals surface area contributed by atoms with Crippen LogP contribution in [0.5, 0.6) is 11.6 Å². The Kier molecular flexibility index (Phi) is 4.34. The molecule has 0 amide bonds. The summed E-state index contributed by atoms with van der Waals surface area (Å²) in [5.41, 5.74) is 3.66. The molecule has 100 valence electrons. The number of nitrogens with zero attached hydrogens (tertiary/aromatic N) is 2. The van der Waals surface area contributed by atoms with Gasteiger partial charge in [-0.3, -0.25) is 0 Å². The summed E-state index contributed by atoms with van der Waals surface area (Å²) in [4.78, 5) is 8.52. The van der Waals surface area contributed by atoms with Crippen LogP contribution in [0.3, 0.4) is 0 Å². The first-order valence-electron chi connectivity index (χ1n) is 5.91. The average Bonchev–Trinajstić information content (AvgIpc) is 2.41. The molecule has 0 bridgehead atoms. The molecule has 2 rings (SSSR count). The number of nitrogen functional groups attached to an aromatic ring is 1. The molecular formula is C13H15BrN4O. The standard InChI is InChI=1S/C13H15BrN4O/c1-3-11-16-12(18-15)7-13(17-11)19-10-5-4-8(2)6-9(10)14/h4-7H,3,15H2,1-2H3,(H,16,17,18). The summed E-state index contributed by atoms with van der Waals surface area (Å²) in [6.45, 7) is 3.99. The van der Waals surface area contributed by atoms with Gasteiger partial charge in [-0.2, -0.15) is 4.98 Å². The van der Waals surface area contributed by atoms with Crippen molar-refractivity contribution >= 4 is 21.7 Å². The molecule has 0 aliphatic carbocycles. The number of aromatic nitrogens is 2. The molecule has 1 heterocycles. The Morgan fingerprint density at radius 3 is 2.74 bits per heavy atom. The van der Waals surface area contributed by atoms with Gasteiger partial charge in [0.05, 0.1) is 4.47 Å². The van der Waals surface area contributed by atoms with E-state index in [9.17, 15) is 0 Å². The molecule has 0 aliphatic rings. The van der Waals surface area contributed by atoms with Crippen LogP contribution in [0, 0.1) is 6.92 Å². The molecule has 19 heavy (non-hydrogen) atoms. The number of ether oxygens (including phenoxy) is 1. The molecule has 1 aromatic heterocycles. The van der Waals surface area contributed by atoms with Crippen LogP contribution in [0.1, 0.15) is 18.3 Å². The lowest BCUT2D eigenvalue weighted by molar-refractivity contribution is 0.456. The number of anilines is 1. The number of nitrogens with two attached hydrogens (primary N) is 1. The number of hydrogen-bond acceptors (Lipinski definition) is 5. The van der Waals surface area contributed by atoms with E-state index >= 15 is 0 Å². The summed E-state index contributed by atoms with van der Waals surface area (Å²) in [6, 6.07) is 7.51. The highest BCUT2D eigenvalue weighted by Crippen LogP contribution is 2.30. The lowest BCUT2D eigenvalue weighted by Crippen LogP contribution is -2.10. The molecule has 0 unspecified atom stereocenters. The highest BCUT2D eigenvalue weighted by molar-refractivity contribution is 9.10. The van der Waals surface area contributed by atoms with Crippen LogP contribution in [-0.2, 0) is 6.42 Å². The number of halogens is 1. The maximum atomic E-state index is 5.76. The second kappa shape index (κ2) is 5.99. The SMILES string of the molecule is CCc1nc(NN)cc(Oc2ccc(C)cc2Br)n1. The van der Waals surface area contributed by atoms with Crippen molar-refractivity contribution in [3.63, 3.8) is 0 Å². The highest BCUT2D eigenvalue weighted by Gasteiger charge is 2.07. The van der Waals surface area contributed by atoms with E-state index in [4.69, 9.17) is 10.6 Å². The van der Waals surface area contributed by atoms with Gasteiger partial charge in [0.1, 0.15) is 17.4 Å². The van der Waals surface area contributed by atoms with E-state index in [1.165, 1.54) is 0 Å². The fourth-order valence-electron chi connectivity index (χ4n) is 1.56. The van der Waals surface area contributed by atoms with E-state index in [2.05, 4.69) is 31.3 Å². The minimum Gasteiger partial charge on any atom is -0.438 e. The second-order valence-electron chi connectivity index (χ2n) is 4.04. The van der Waals surface area contributed by atoms with Crippen molar-refractivity contribution in [2.24, 2.45) is 5.84 Å². The first kappa shape index (κ1) is 13.8. The van der Waals surface area contributed by atoms with Crippen LogP contribution in [-0.4, -0.2) is 9.97 Å². The molecule has 0 spiro atoms. The van der Waals surface area contributed by atoms with Crippen molar-refractivity contribution in [3.05, 3.63) is 40.1 Å². The predicted octanol–water partition coefficient (Wildman–Crippen LogP) is 3.19. The number of rotatable bonds is 4. The molecule has 0 radical (unpaired) electrons. The van der Waals surface area contributed by atoms with Crippen LogP contribution in [0.2, 0.25) is 0 Å². The van der Waals surface area contributed by atoms with Gasteiger partial charge in [-0.1, -0.05) is 13.0 Å². The molecular weight excluding hydrogens is 308 g/mol. The Bertz CT molecular complexity index is 567. The normalized spacial score (nSPS) is 10.3. The minimum absolute atomic E-state index is 0.462. The molecule has 3 N–H and O–H groups in total. The number of hydrazine groups is 1. The third-order valence-corrected chi connectivity index (χ3v) is 3.13. The van der Waals surface area contributed by atoms with Crippen molar-refractivity contribution in [1.29, 1.82) is 0 Å². The van der Waals surface area contributed by atoms with Gasteiger partial charge in [-0.05, 0) is 40.5 Å². The fourth-order valence-corrected chi connectivity index (χ4v) is 2.13. The summed E-state index contributed by atoms with van der Waals surface area (Å²) in [7, 11) is 0. The maximum absolute atomic E-state index is 5.76. The maximum Gasteiger partial charge on any atom is 0.224 e. The van der Waals surface area contributed by atoms with Crippen LogP contribution < -0.4 is 16.0 Å². The van der Waals surface area contributed by atoms with Crippen molar-refractivity contribution in [1.82, 2.24) is 9.97 Å². The molecule has 5 nitrogen and oxygen atoms in total. The number of nitrogens with one attached hydrogen (secondary N) is 1. The van der Waals surface area contributed by atoms with Gasteiger partial charge in [0.15, 0.2) is 0 Å². The molecule has 0 saturated carbocycles. The molecule has 0 atom stereocenters. The number of aryl methyl sites for hydroxylation is 2. The lowest BCUT2D eigenvalue weighted by atomic mass is 10.2. The predicted molar refractivity (Wildman–Crippen MR) is 78.2 cm³/mol. The van der Waals surface area contributed by atoms with Gasteiger partial charge < -0.3 is 10.2 Å². The van der Waals surface area contributed by atoms with Crippen molar-refractivity contribution in [3.8, 4) is 11.6 Å². The monoisotopic (exact) mass is 322 g/mol. The van der Waals surface area contributed by atoms with Crippen LogP contribution in [0.15, 0.2) is 28.7 Å². The van der Waals surface area contributed by atoms with Gasteiger partial charge in [0.2, 0.25) is 5.88 Å². The second-order valence-corrected chi connectivity index (χ2v) is 4.90. The smallest absolute Gasteiger partial charge is 0.224 e. The summed E-state index contributed by atoms with van der Waals surface area (Å²) < 4.78 is 6.64. The van der Waals surface area contributed by atoms with Crippen molar-refractivity contribution in [2.75, 3.05) is 5.43 Å². The Hall–Kier alpha value is -1.66. The zero-order valence-electron chi connectivity index (χ0n) is 10.8. The first-order valence-corrected chi connectivity index (χ1v) is 6.70. The molecule has 0 fully saturated rings. The summed E-state index contributed by atoms with van der Waals surface area (Å²) in [5, 5.41) is 0. The molecule has 1 aromatic carbocycles. The Balaban J connectivity index is 2.31. The van der Waals surface area contributed by atoms with Gasteiger partial charge in [-0.25, -0.2) is 10.8 Å². The number of hydrogen-bond donors (Lipinski definition) is 2. The largest absolute Gasteiger partial charge is 0.438 e. The van der Waals surface area contributed by atoms with Gasteiger partial charge in [0, 0.05) is 12.5 Å². The van der Waals surface area contributed by atoms with E-state index in [1.54, 1.807) is 6.07 Å². The van der Waals surface area contributed by atoms with Gasteiger partial charge in [0.25, 0.3) is 0 Å². The van der Waals surface area contributed by atoms with Crippen LogP contribution in [0.4, 0.5) is 5.82 Å². The van der Waals surface area contributed by atoms with Crippen molar-refractivity contribution in [2.45, 2.75) is 20.3 Å². The van der Waals surface area contributed by atoms with Crippen LogP contribution >= 0.6 is 15.9 Å². The van der Waals surface area contributed by atoms with Gasteiger partial charge in [-0.15, -0.1) is 0 Å². The third kappa shape index (κ3) is 3.42. The van der Waals surface area contributed by atoms with E-state index < -0.39 is 0 Å². The lowest BCUT2D eigenvalue weighted by Gasteiger charge is -2.10. The van der Waals surface area contributed by atoms with E-state index in [0.717, 1.165) is 10.0 Å². The summed E-state index contributed by atoms with van der Waals surface area (Å²) in [5.74, 6) is 7.75. The zero-order valence-corrected chi connectivity index (χ0v) is 12.4. The fraction of sp³-hybridized carbons (Fsp3) is 0.231. The van der Waals surface area contributed by atoms with Gasteiger partial charge >= 0.3 is 0 Å². The molecule has 0 saturated heterocycles. The van der Waals surface area contributed by atoms with Crippen molar-refractivity contribution < 1.29 is 4.74 Å². The Labute approximate surface area is 120 Å². The third-order valence-electron chi connectivity index (χ3n) is 2.51. The topological polar surface area (TPSA) is 73.1 Å². The Morgan fingerprint density at radius 1 is 1.32 bits per heavy atom. The summed E-state index contributed by atoms with van der Waals surface area (Å²) >= 11 is 3.47. The first-order chi connectivity index (χ1) is 9.12. The Morgan fingerprint density at radius 2 is 2.11 bits per heavy atom. The quantitative estimate of drug-likeness (QED) is 0.668. The molecule has 0 aliphatic heterocycles. The van der Waals surface area contributed by atoms with E-state index in [0.29, 0.717) is 29.7 Å².